The Labute approximate surface area is 159 Å². The van der Waals surface area contributed by atoms with E-state index in [4.69, 9.17) is 16.7 Å². The third-order valence-electron chi connectivity index (χ3n) is 3.61. The molecule has 0 spiro atoms. The van der Waals surface area contributed by atoms with Gasteiger partial charge in [-0.3, -0.25) is 9.10 Å². The molecule has 0 amide bonds. The van der Waals surface area contributed by atoms with Gasteiger partial charge in [0.15, 0.2) is 0 Å². The van der Waals surface area contributed by atoms with Crippen LogP contribution >= 0.6 is 11.6 Å². The molecule has 10 heteroatoms. The molecule has 5 nitrogen and oxygen atoms in total. The summed E-state index contributed by atoms with van der Waals surface area (Å²) in [5.74, 6) is -1.14. The summed E-state index contributed by atoms with van der Waals surface area (Å²) >= 11 is 5.75. The van der Waals surface area contributed by atoms with Gasteiger partial charge in [-0.1, -0.05) is 17.7 Å². The number of carbonyl (C=O) groups is 1. The molecule has 27 heavy (non-hydrogen) atoms. The lowest BCUT2D eigenvalue weighted by molar-refractivity contribution is -0.138. The molecule has 0 radical (unpaired) electrons. The van der Waals surface area contributed by atoms with Crippen LogP contribution in [0.5, 0.6) is 0 Å². The summed E-state index contributed by atoms with van der Waals surface area (Å²) in [5, 5.41) is 9.06. The number of hydrogen-bond acceptors (Lipinski definition) is 3. The van der Waals surface area contributed by atoms with Crippen LogP contribution in [-0.2, 0) is 21.0 Å². The summed E-state index contributed by atoms with van der Waals surface area (Å²) in [6, 6.07) is 9.02. The number of sulfonamides is 1. The fraction of sp³-hybridized carbons (Fsp3) is 0.235. The predicted octanol–water partition coefficient (Wildman–Crippen LogP) is 4.42. The molecule has 0 heterocycles. The second kappa shape index (κ2) is 8.18. The van der Waals surface area contributed by atoms with Crippen molar-refractivity contribution in [3.8, 4) is 0 Å². The minimum absolute atomic E-state index is 0.0710. The van der Waals surface area contributed by atoms with Crippen LogP contribution in [0.1, 0.15) is 18.4 Å². The fourth-order valence-electron chi connectivity index (χ4n) is 2.33. The van der Waals surface area contributed by atoms with Crippen molar-refractivity contribution in [1.82, 2.24) is 0 Å². The zero-order valence-electron chi connectivity index (χ0n) is 13.8. The minimum Gasteiger partial charge on any atom is -0.481 e. The number of rotatable bonds is 7. The van der Waals surface area contributed by atoms with E-state index in [1.165, 1.54) is 30.3 Å². The number of aliphatic carboxylic acids is 1. The molecule has 2 aromatic rings. The average molecular weight is 422 g/mol. The lowest BCUT2D eigenvalue weighted by atomic mass is 10.2. The lowest BCUT2D eigenvalue weighted by Crippen LogP contribution is -2.32. The topological polar surface area (TPSA) is 74.7 Å². The molecule has 1 N–H and O–H groups in total. The highest BCUT2D eigenvalue weighted by Crippen LogP contribution is 2.33. The molecule has 2 rings (SSSR count). The van der Waals surface area contributed by atoms with Gasteiger partial charge >= 0.3 is 12.1 Å². The van der Waals surface area contributed by atoms with E-state index in [0.717, 1.165) is 16.4 Å². The van der Waals surface area contributed by atoms with Gasteiger partial charge in [-0.2, -0.15) is 13.2 Å². The fourth-order valence-corrected chi connectivity index (χ4v) is 3.95. The number of carboxylic acids is 1. The van der Waals surface area contributed by atoms with Gasteiger partial charge in [0, 0.05) is 18.0 Å². The van der Waals surface area contributed by atoms with Crippen LogP contribution in [0.25, 0.3) is 0 Å². The molecule has 0 atom stereocenters. The summed E-state index contributed by atoms with van der Waals surface area (Å²) in [4.78, 5) is 10.6. The molecule has 0 aromatic heterocycles. The Morgan fingerprint density at radius 3 is 2.30 bits per heavy atom. The highest BCUT2D eigenvalue weighted by molar-refractivity contribution is 7.92. The van der Waals surface area contributed by atoms with Crippen molar-refractivity contribution in [3.05, 3.63) is 59.1 Å². The summed E-state index contributed by atoms with van der Waals surface area (Å²) in [7, 11) is -4.22. The maximum Gasteiger partial charge on any atom is 0.416 e. The summed E-state index contributed by atoms with van der Waals surface area (Å²) < 4.78 is 65.6. The smallest absolute Gasteiger partial charge is 0.416 e. The summed E-state index contributed by atoms with van der Waals surface area (Å²) in [6.07, 6.45) is -5.04. The first-order valence-electron chi connectivity index (χ1n) is 7.69. The number of halogens is 4. The number of anilines is 1. The largest absolute Gasteiger partial charge is 0.481 e. The first-order chi connectivity index (χ1) is 12.5. The molecule has 0 aliphatic carbocycles. The maximum atomic E-state index is 13.0. The average Bonchev–Trinajstić information content (AvgIpc) is 2.58. The molecule has 0 fully saturated rings. The van der Waals surface area contributed by atoms with Gasteiger partial charge in [0.1, 0.15) is 0 Å². The van der Waals surface area contributed by atoms with E-state index in [2.05, 4.69) is 0 Å². The van der Waals surface area contributed by atoms with Crippen LogP contribution < -0.4 is 4.31 Å². The van der Waals surface area contributed by atoms with Gasteiger partial charge in [0.2, 0.25) is 0 Å². The molecular formula is C17H15ClF3NO4S. The van der Waals surface area contributed by atoms with E-state index < -0.39 is 27.7 Å². The third-order valence-corrected chi connectivity index (χ3v) is 5.71. The first kappa shape index (κ1) is 21.0. The van der Waals surface area contributed by atoms with Crippen molar-refractivity contribution in [2.24, 2.45) is 0 Å². The minimum atomic E-state index is -4.65. The van der Waals surface area contributed by atoms with Crippen molar-refractivity contribution in [2.45, 2.75) is 23.9 Å². The van der Waals surface area contributed by atoms with Crippen LogP contribution in [-0.4, -0.2) is 26.0 Å². The number of alkyl halides is 3. The molecule has 0 unspecified atom stereocenters. The SMILES string of the molecule is O=C(O)CCCN(c1cccc(C(F)(F)F)c1)S(=O)(=O)c1ccc(Cl)cc1. The van der Waals surface area contributed by atoms with Gasteiger partial charge in [0.05, 0.1) is 16.1 Å². The predicted molar refractivity (Wildman–Crippen MR) is 94.3 cm³/mol. The van der Waals surface area contributed by atoms with Crippen molar-refractivity contribution in [3.63, 3.8) is 0 Å². The quantitative estimate of drug-likeness (QED) is 0.718. The zero-order valence-corrected chi connectivity index (χ0v) is 15.4. The molecule has 2 aromatic carbocycles. The number of carboxylic acid groups (broad SMARTS) is 1. The van der Waals surface area contributed by atoms with Gasteiger partial charge < -0.3 is 5.11 Å². The van der Waals surface area contributed by atoms with E-state index in [1.54, 1.807) is 0 Å². The van der Waals surface area contributed by atoms with Crippen LogP contribution in [0.2, 0.25) is 5.02 Å². The van der Waals surface area contributed by atoms with Crippen LogP contribution in [0.4, 0.5) is 18.9 Å². The normalized spacial score (nSPS) is 12.0. The van der Waals surface area contributed by atoms with Crippen molar-refractivity contribution < 1.29 is 31.5 Å². The molecule has 0 saturated heterocycles. The molecular weight excluding hydrogens is 407 g/mol. The van der Waals surface area contributed by atoms with Crippen molar-refractivity contribution in [1.29, 1.82) is 0 Å². The molecule has 146 valence electrons. The van der Waals surface area contributed by atoms with E-state index >= 15 is 0 Å². The second-order valence-electron chi connectivity index (χ2n) is 5.58. The van der Waals surface area contributed by atoms with Crippen LogP contribution in [0.15, 0.2) is 53.4 Å². The van der Waals surface area contributed by atoms with Crippen LogP contribution in [0.3, 0.4) is 0 Å². The highest BCUT2D eigenvalue weighted by atomic mass is 35.5. The van der Waals surface area contributed by atoms with E-state index in [-0.39, 0.29) is 30.0 Å². The summed E-state index contributed by atoms with van der Waals surface area (Å²) in [5.41, 5.74) is -1.21. The van der Waals surface area contributed by atoms with Crippen molar-refractivity contribution in [2.75, 3.05) is 10.8 Å². The lowest BCUT2D eigenvalue weighted by Gasteiger charge is -2.25. The van der Waals surface area contributed by atoms with E-state index in [0.29, 0.717) is 11.1 Å². The van der Waals surface area contributed by atoms with Crippen molar-refractivity contribution >= 4 is 33.3 Å². The summed E-state index contributed by atoms with van der Waals surface area (Å²) in [6.45, 7) is -0.293. The van der Waals surface area contributed by atoms with Gasteiger partial charge in [-0.05, 0) is 48.9 Å². The Hall–Kier alpha value is -2.26. The maximum absolute atomic E-state index is 13.0. The van der Waals surface area contributed by atoms with E-state index in [1.807, 2.05) is 0 Å². The van der Waals surface area contributed by atoms with E-state index in [9.17, 15) is 26.4 Å². The number of hydrogen-bond donors (Lipinski definition) is 1. The Bertz CT molecular complexity index is 915. The monoisotopic (exact) mass is 421 g/mol. The molecule has 0 bridgehead atoms. The second-order valence-corrected chi connectivity index (χ2v) is 7.88. The standard InChI is InChI=1S/C17H15ClF3NO4S/c18-13-6-8-15(9-7-13)27(25,26)22(10-2-5-16(23)24)14-4-1-3-12(11-14)17(19,20)21/h1,3-4,6-9,11H,2,5,10H2,(H,23,24). The van der Waals surface area contributed by atoms with Crippen LogP contribution in [0, 0.1) is 0 Å². The van der Waals surface area contributed by atoms with Gasteiger partial charge in [-0.15, -0.1) is 0 Å². The molecule has 0 saturated carbocycles. The first-order valence-corrected chi connectivity index (χ1v) is 9.51. The van der Waals surface area contributed by atoms with Gasteiger partial charge in [-0.25, -0.2) is 8.42 Å². The highest BCUT2D eigenvalue weighted by Gasteiger charge is 2.32. The number of nitrogens with zero attached hydrogens (tertiary/aromatic N) is 1. The van der Waals surface area contributed by atoms with Gasteiger partial charge in [0.25, 0.3) is 10.0 Å². The Balaban J connectivity index is 2.48. The Morgan fingerprint density at radius 2 is 1.74 bits per heavy atom. The Morgan fingerprint density at radius 1 is 1.11 bits per heavy atom. The zero-order chi connectivity index (χ0) is 20.2. The third kappa shape index (κ3) is 5.36. The molecule has 0 aliphatic heterocycles. The molecule has 0 aliphatic rings. The Kier molecular flexibility index (Phi) is 6.38. The number of benzene rings is 2.